The number of halogens is 1. The van der Waals surface area contributed by atoms with Gasteiger partial charge in [0.25, 0.3) is 0 Å². The number of anilines is 1. The molecule has 0 aromatic heterocycles. The Morgan fingerprint density at radius 2 is 1.78 bits per heavy atom. The standard InChI is InChI=1S/C24H27ClN2O5/c1-24(2,3)32-23(31)27-19-11-7-5-9-17(19)14-20(27)22(30)26(15-21(28)29)13-12-16-8-4-6-10-18(16)25/h4-11,20H,12-15H2,1-3H3,(H,28,29)/t20-/m1/s1. The van der Waals surface area contributed by atoms with Crippen molar-refractivity contribution >= 4 is 35.3 Å². The zero-order valence-electron chi connectivity index (χ0n) is 18.4. The maximum atomic E-state index is 13.5. The number of hydrogen-bond acceptors (Lipinski definition) is 4. The van der Waals surface area contributed by atoms with Crippen LogP contribution in [0.1, 0.15) is 31.9 Å². The Hall–Kier alpha value is -3.06. The lowest BCUT2D eigenvalue weighted by Crippen LogP contribution is -2.52. The molecule has 0 fully saturated rings. The molecule has 2 amide bonds. The van der Waals surface area contributed by atoms with Gasteiger partial charge in [-0.2, -0.15) is 0 Å². The van der Waals surface area contributed by atoms with Gasteiger partial charge in [0.05, 0.1) is 5.69 Å². The average molecular weight is 459 g/mol. The number of benzene rings is 2. The Kier molecular flexibility index (Phi) is 7.09. The maximum Gasteiger partial charge on any atom is 0.415 e. The quantitative estimate of drug-likeness (QED) is 0.702. The number of rotatable bonds is 6. The van der Waals surface area contributed by atoms with Crippen molar-refractivity contribution in [2.75, 3.05) is 18.0 Å². The molecule has 0 aliphatic carbocycles. The van der Waals surface area contributed by atoms with Gasteiger partial charge in [-0.25, -0.2) is 4.79 Å². The van der Waals surface area contributed by atoms with Crippen LogP contribution in [0.3, 0.4) is 0 Å². The van der Waals surface area contributed by atoms with E-state index in [1.54, 1.807) is 45.0 Å². The van der Waals surface area contributed by atoms with E-state index < -0.39 is 36.2 Å². The number of carbonyl (C=O) groups is 3. The Balaban J connectivity index is 1.87. The molecule has 0 saturated carbocycles. The number of para-hydroxylation sites is 1. The van der Waals surface area contributed by atoms with E-state index in [1.165, 1.54) is 9.80 Å². The normalized spacial score (nSPS) is 15.2. The number of hydrogen-bond donors (Lipinski definition) is 1. The topological polar surface area (TPSA) is 87.2 Å². The molecule has 170 valence electrons. The number of ether oxygens (including phenoxy) is 1. The third-order valence-electron chi connectivity index (χ3n) is 5.10. The van der Waals surface area contributed by atoms with Gasteiger partial charge in [0, 0.05) is 18.0 Å². The zero-order chi connectivity index (χ0) is 23.5. The molecule has 0 spiro atoms. The maximum absolute atomic E-state index is 13.5. The summed E-state index contributed by atoms with van der Waals surface area (Å²) in [5, 5.41) is 9.96. The van der Waals surface area contributed by atoms with Crippen LogP contribution < -0.4 is 4.90 Å². The zero-order valence-corrected chi connectivity index (χ0v) is 19.1. The lowest BCUT2D eigenvalue weighted by atomic mass is 10.1. The fourth-order valence-corrected chi connectivity index (χ4v) is 3.95. The van der Waals surface area contributed by atoms with Gasteiger partial charge in [0.15, 0.2) is 0 Å². The van der Waals surface area contributed by atoms with E-state index in [0.29, 0.717) is 17.1 Å². The molecule has 2 aromatic carbocycles. The summed E-state index contributed by atoms with van der Waals surface area (Å²) in [5.41, 5.74) is 1.50. The molecule has 1 heterocycles. The minimum atomic E-state index is -1.13. The van der Waals surface area contributed by atoms with Crippen LogP contribution in [0, 0.1) is 0 Å². The first-order chi connectivity index (χ1) is 15.1. The van der Waals surface area contributed by atoms with E-state index >= 15 is 0 Å². The van der Waals surface area contributed by atoms with E-state index in [0.717, 1.165) is 11.1 Å². The smallest absolute Gasteiger partial charge is 0.415 e. The highest BCUT2D eigenvalue weighted by atomic mass is 35.5. The van der Waals surface area contributed by atoms with Crippen LogP contribution in [0.25, 0.3) is 0 Å². The Morgan fingerprint density at radius 3 is 2.44 bits per heavy atom. The van der Waals surface area contributed by atoms with Gasteiger partial charge in [-0.3, -0.25) is 14.5 Å². The summed E-state index contributed by atoms with van der Waals surface area (Å²) >= 11 is 6.22. The summed E-state index contributed by atoms with van der Waals surface area (Å²) in [6.07, 6.45) is 0.0449. The first kappa shape index (κ1) is 23.6. The SMILES string of the molecule is CC(C)(C)OC(=O)N1c2ccccc2C[C@@H]1C(=O)N(CCc1ccccc1Cl)CC(=O)O. The molecule has 1 N–H and O–H groups in total. The Labute approximate surface area is 192 Å². The molecule has 1 atom stereocenters. The fraction of sp³-hybridized carbons (Fsp3) is 0.375. The Morgan fingerprint density at radius 1 is 1.12 bits per heavy atom. The molecule has 1 aliphatic heterocycles. The van der Waals surface area contributed by atoms with Gasteiger partial charge in [0.2, 0.25) is 5.91 Å². The second kappa shape index (κ2) is 9.61. The van der Waals surface area contributed by atoms with Gasteiger partial charge >= 0.3 is 12.1 Å². The summed E-state index contributed by atoms with van der Waals surface area (Å²) in [7, 11) is 0. The van der Waals surface area contributed by atoms with E-state index in [9.17, 15) is 19.5 Å². The highest BCUT2D eigenvalue weighted by Crippen LogP contribution is 2.34. The van der Waals surface area contributed by atoms with Gasteiger partial charge in [-0.1, -0.05) is 48.0 Å². The van der Waals surface area contributed by atoms with Gasteiger partial charge in [-0.05, 0) is 50.5 Å². The molecule has 2 aromatic rings. The minimum absolute atomic E-state index is 0.157. The van der Waals surface area contributed by atoms with E-state index in [2.05, 4.69) is 0 Å². The largest absolute Gasteiger partial charge is 0.480 e. The molecule has 0 radical (unpaired) electrons. The molecule has 0 unspecified atom stereocenters. The molecule has 3 rings (SSSR count). The van der Waals surface area contributed by atoms with Crippen LogP contribution in [-0.2, 0) is 27.2 Å². The average Bonchev–Trinajstić information content (AvgIpc) is 3.10. The molecule has 1 aliphatic rings. The van der Waals surface area contributed by atoms with Crippen molar-refractivity contribution in [2.24, 2.45) is 0 Å². The van der Waals surface area contributed by atoms with Crippen LogP contribution in [0.2, 0.25) is 5.02 Å². The summed E-state index contributed by atoms with van der Waals surface area (Å²) in [5.74, 6) is -1.57. The number of fused-ring (bicyclic) bond motifs is 1. The predicted molar refractivity (Wildman–Crippen MR) is 122 cm³/mol. The predicted octanol–water partition coefficient (Wildman–Crippen LogP) is 4.16. The monoisotopic (exact) mass is 458 g/mol. The third-order valence-corrected chi connectivity index (χ3v) is 5.47. The summed E-state index contributed by atoms with van der Waals surface area (Å²) in [6.45, 7) is 4.94. The van der Waals surface area contributed by atoms with Crippen molar-refractivity contribution in [2.45, 2.75) is 45.3 Å². The van der Waals surface area contributed by atoms with Gasteiger partial charge in [0.1, 0.15) is 18.2 Å². The summed E-state index contributed by atoms with van der Waals surface area (Å²) in [4.78, 5) is 40.6. The lowest BCUT2D eigenvalue weighted by molar-refractivity contribution is -0.144. The molecule has 8 heteroatoms. The van der Waals surface area contributed by atoms with Crippen LogP contribution in [-0.4, -0.2) is 52.7 Å². The second-order valence-electron chi connectivity index (χ2n) is 8.69. The van der Waals surface area contributed by atoms with Crippen molar-refractivity contribution in [3.63, 3.8) is 0 Å². The minimum Gasteiger partial charge on any atom is -0.480 e. The number of nitrogens with zero attached hydrogens (tertiary/aromatic N) is 2. The first-order valence-corrected chi connectivity index (χ1v) is 10.8. The van der Waals surface area contributed by atoms with Crippen LogP contribution in [0.5, 0.6) is 0 Å². The molecule has 0 bridgehead atoms. The fourth-order valence-electron chi connectivity index (χ4n) is 3.72. The van der Waals surface area contributed by atoms with Crippen LogP contribution in [0.4, 0.5) is 10.5 Å². The molecule has 0 saturated heterocycles. The first-order valence-electron chi connectivity index (χ1n) is 10.4. The molecule has 32 heavy (non-hydrogen) atoms. The number of carboxylic acids is 1. The number of carboxylic acid groups (broad SMARTS) is 1. The molecular weight excluding hydrogens is 432 g/mol. The third kappa shape index (κ3) is 5.59. The molecule has 7 nitrogen and oxygen atoms in total. The van der Waals surface area contributed by atoms with Crippen molar-refractivity contribution in [1.82, 2.24) is 4.90 Å². The lowest BCUT2D eigenvalue weighted by Gasteiger charge is -2.31. The highest BCUT2D eigenvalue weighted by molar-refractivity contribution is 6.31. The number of aliphatic carboxylic acids is 1. The van der Waals surface area contributed by atoms with Crippen molar-refractivity contribution in [1.29, 1.82) is 0 Å². The summed E-state index contributed by atoms with van der Waals surface area (Å²) < 4.78 is 5.55. The number of carbonyl (C=O) groups excluding carboxylic acids is 2. The van der Waals surface area contributed by atoms with Gasteiger partial charge < -0.3 is 14.7 Å². The Bertz CT molecular complexity index is 1020. The van der Waals surface area contributed by atoms with Crippen molar-refractivity contribution in [3.8, 4) is 0 Å². The number of amides is 2. The highest BCUT2D eigenvalue weighted by Gasteiger charge is 2.42. The molecular formula is C24H27ClN2O5. The van der Waals surface area contributed by atoms with E-state index in [1.807, 2.05) is 24.3 Å². The van der Waals surface area contributed by atoms with Crippen LogP contribution >= 0.6 is 11.6 Å². The second-order valence-corrected chi connectivity index (χ2v) is 9.10. The van der Waals surface area contributed by atoms with Crippen molar-refractivity contribution < 1.29 is 24.2 Å². The van der Waals surface area contributed by atoms with E-state index in [4.69, 9.17) is 16.3 Å². The van der Waals surface area contributed by atoms with Crippen molar-refractivity contribution in [3.05, 3.63) is 64.7 Å². The van der Waals surface area contributed by atoms with Crippen LogP contribution in [0.15, 0.2) is 48.5 Å². The summed E-state index contributed by atoms with van der Waals surface area (Å²) in [6, 6.07) is 13.6. The van der Waals surface area contributed by atoms with E-state index in [-0.39, 0.29) is 13.0 Å². The van der Waals surface area contributed by atoms with Gasteiger partial charge in [-0.15, -0.1) is 0 Å².